The summed E-state index contributed by atoms with van der Waals surface area (Å²) in [5.41, 5.74) is 0. The number of carbonyl (C=O) groups is 2. The molecule has 4 nitrogen and oxygen atoms in total. The van der Waals surface area contributed by atoms with Gasteiger partial charge in [0.2, 0.25) is 5.91 Å². The molecule has 0 aliphatic heterocycles. The van der Waals surface area contributed by atoms with Crippen molar-refractivity contribution in [2.75, 3.05) is 5.75 Å². The van der Waals surface area contributed by atoms with Crippen LogP contribution < -0.4 is 5.32 Å². The van der Waals surface area contributed by atoms with Gasteiger partial charge in [-0.05, 0) is 19.8 Å². The van der Waals surface area contributed by atoms with Gasteiger partial charge in [-0.15, -0.1) is 11.8 Å². The molecule has 1 aliphatic carbocycles. The number of nitrogens with one attached hydrogen (secondary N) is 1. The predicted molar refractivity (Wildman–Crippen MR) is 73.7 cm³/mol. The normalized spacial score (nSPS) is 20.1. The summed E-state index contributed by atoms with van der Waals surface area (Å²) in [5.74, 6) is -0.680. The summed E-state index contributed by atoms with van der Waals surface area (Å²) in [6, 6.07) is 0.325. The second-order valence-corrected chi connectivity index (χ2v) is 6.43. The molecule has 1 saturated carbocycles. The van der Waals surface area contributed by atoms with Gasteiger partial charge < -0.3 is 10.4 Å². The highest BCUT2D eigenvalue weighted by Gasteiger charge is 2.21. The molecule has 0 aromatic rings. The van der Waals surface area contributed by atoms with Crippen molar-refractivity contribution in [2.24, 2.45) is 5.92 Å². The number of carbonyl (C=O) groups excluding carboxylic acids is 1. The number of amides is 1. The maximum absolute atomic E-state index is 11.9. The summed E-state index contributed by atoms with van der Waals surface area (Å²) in [7, 11) is 0. The number of carboxylic acid groups (broad SMARTS) is 1. The molecule has 0 spiro atoms. The van der Waals surface area contributed by atoms with E-state index in [0.29, 0.717) is 11.8 Å². The maximum atomic E-state index is 11.9. The number of rotatable bonds is 6. The first kappa shape index (κ1) is 15.3. The Morgan fingerprint density at radius 3 is 2.44 bits per heavy atom. The lowest BCUT2D eigenvalue weighted by Crippen LogP contribution is -2.40. The maximum Gasteiger partial charge on any atom is 0.307 e. The van der Waals surface area contributed by atoms with E-state index in [0.717, 1.165) is 12.8 Å². The van der Waals surface area contributed by atoms with E-state index in [2.05, 4.69) is 5.32 Å². The fourth-order valence-corrected chi connectivity index (χ4v) is 2.94. The lowest BCUT2D eigenvalue weighted by atomic mass is 9.95. The van der Waals surface area contributed by atoms with Crippen molar-refractivity contribution in [2.45, 2.75) is 57.2 Å². The molecule has 0 aromatic carbocycles. The molecule has 1 amide bonds. The summed E-state index contributed by atoms with van der Waals surface area (Å²) < 4.78 is 0. The van der Waals surface area contributed by atoms with Gasteiger partial charge in [-0.2, -0.15) is 0 Å². The van der Waals surface area contributed by atoms with Crippen molar-refractivity contribution >= 4 is 23.6 Å². The van der Waals surface area contributed by atoms with Gasteiger partial charge in [-0.25, -0.2) is 0 Å². The third-order valence-electron chi connectivity index (χ3n) is 3.34. The molecule has 18 heavy (non-hydrogen) atoms. The van der Waals surface area contributed by atoms with Crippen LogP contribution in [0.3, 0.4) is 0 Å². The van der Waals surface area contributed by atoms with Crippen LogP contribution in [-0.2, 0) is 9.59 Å². The Morgan fingerprint density at radius 2 is 1.89 bits per heavy atom. The van der Waals surface area contributed by atoms with E-state index in [1.165, 1.54) is 31.0 Å². The van der Waals surface area contributed by atoms with Gasteiger partial charge in [-0.3, -0.25) is 9.59 Å². The van der Waals surface area contributed by atoms with Crippen LogP contribution in [0.1, 0.15) is 46.0 Å². The molecule has 1 rings (SSSR count). The zero-order chi connectivity index (χ0) is 13.5. The molecule has 5 heteroatoms. The molecular weight excluding hydrogens is 250 g/mol. The molecule has 2 N–H and O–H groups in total. The molecule has 2 atom stereocenters. The number of carboxylic acids is 1. The number of thioether (sulfide) groups is 1. The van der Waals surface area contributed by atoms with E-state index in [4.69, 9.17) is 5.11 Å². The minimum absolute atomic E-state index is 0.0458. The molecular formula is C13H23NO3S. The first-order chi connectivity index (χ1) is 8.50. The second kappa shape index (κ2) is 7.67. The Labute approximate surface area is 113 Å². The van der Waals surface area contributed by atoms with Crippen molar-refractivity contribution in [3.05, 3.63) is 0 Å². The van der Waals surface area contributed by atoms with Crippen LogP contribution in [0.25, 0.3) is 0 Å². The Kier molecular flexibility index (Phi) is 6.54. The summed E-state index contributed by atoms with van der Waals surface area (Å²) in [6.07, 6.45) is 5.82. The van der Waals surface area contributed by atoms with Gasteiger partial charge in [0.15, 0.2) is 0 Å². The molecule has 104 valence electrons. The first-order valence-corrected chi connectivity index (χ1v) is 7.70. The van der Waals surface area contributed by atoms with Crippen molar-refractivity contribution < 1.29 is 14.7 Å². The van der Waals surface area contributed by atoms with Gasteiger partial charge >= 0.3 is 5.97 Å². The van der Waals surface area contributed by atoms with E-state index in [1.54, 1.807) is 6.92 Å². The second-order valence-electron chi connectivity index (χ2n) is 5.06. The summed E-state index contributed by atoms with van der Waals surface area (Å²) in [5, 5.41) is 11.7. The smallest absolute Gasteiger partial charge is 0.307 e. The molecule has 0 bridgehead atoms. The van der Waals surface area contributed by atoms with Crippen molar-refractivity contribution in [1.82, 2.24) is 5.32 Å². The third-order valence-corrected chi connectivity index (χ3v) is 4.75. The van der Waals surface area contributed by atoms with Gasteiger partial charge in [0.1, 0.15) is 0 Å². The van der Waals surface area contributed by atoms with Crippen LogP contribution in [0.15, 0.2) is 0 Å². The SMILES string of the molecule is CC(CSC(C)C(=O)NC1CCCCC1)C(=O)O. The number of aliphatic carboxylic acids is 1. The van der Waals surface area contributed by atoms with Gasteiger partial charge in [0, 0.05) is 11.8 Å². The van der Waals surface area contributed by atoms with Crippen LogP contribution in [0.2, 0.25) is 0 Å². The third kappa shape index (κ3) is 5.29. The summed E-state index contributed by atoms with van der Waals surface area (Å²) in [4.78, 5) is 22.6. The molecule has 1 aliphatic rings. The van der Waals surface area contributed by atoms with Gasteiger partial charge in [0.05, 0.1) is 11.2 Å². The van der Waals surface area contributed by atoms with E-state index in [9.17, 15) is 9.59 Å². The van der Waals surface area contributed by atoms with E-state index in [1.807, 2.05) is 6.92 Å². The zero-order valence-electron chi connectivity index (χ0n) is 11.1. The largest absolute Gasteiger partial charge is 0.481 e. The average molecular weight is 273 g/mol. The monoisotopic (exact) mass is 273 g/mol. The zero-order valence-corrected chi connectivity index (χ0v) is 12.0. The molecule has 0 aromatic heterocycles. The molecule has 1 fully saturated rings. The van der Waals surface area contributed by atoms with Crippen LogP contribution >= 0.6 is 11.8 Å². The number of hydrogen-bond donors (Lipinski definition) is 2. The minimum Gasteiger partial charge on any atom is -0.481 e. The Balaban J connectivity index is 2.25. The van der Waals surface area contributed by atoms with Crippen LogP contribution in [0.5, 0.6) is 0 Å². The molecule has 0 saturated heterocycles. The topological polar surface area (TPSA) is 66.4 Å². The summed E-state index contributed by atoms with van der Waals surface area (Å²) in [6.45, 7) is 3.51. The molecule has 0 heterocycles. The van der Waals surface area contributed by atoms with E-state index >= 15 is 0 Å². The van der Waals surface area contributed by atoms with Crippen LogP contribution in [0, 0.1) is 5.92 Å². The molecule has 0 radical (unpaired) electrons. The van der Waals surface area contributed by atoms with E-state index in [-0.39, 0.29) is 11.2 Å². The predicted octanol–water partition coefficient (Wildman–Crippen LogP) is 2.28. The number of hydrogen-bond acceptors (Lipinski definition) is 3. The standard InChI is InChI=1S/C13H23NO3S/c1-9(13(16)17)8-18-10(2)12(15)14-11-6-4-3-5-7-11/h9-11H,3-8H2,1-2H3,(H,14,15)(H,16,17). The highest BCUT2D eigenvalue weighted by atomic mass is 32.2. The van der Waals surface area contributed by atoms with E-state index < -0.39 is 11.9 Å². The quantitative estimate of drug-likeness (QED) is 0.779. The van der Waals surface area contributed by atoms with Crippen LogP contribution in [0.4, 0.5) is 0 Å². The van der Waals surface area contributed by atoms with Crippen LogP contribution in [-0.4, -0.2) is 34.0 Å². The first-order valence-electron chi connectivity index (χ1n) is 6.65. The Bertz CT molecular complexity index is 290. The van der Waals surface area contributed by atoms with Crippen molar-refractivity contribution in [3.8, 4) is 0 Å². The van der Waals surface area contributed by atoms with Gasteiger partial charge in [-0.1, -0.05) is 26.2 Å². The Morgan fingerprint density at radius 1 is 1.28 bits per heavy atom. The summed E-state index contributed by atoms with van der Waals surface area (Å²) >= 11 is 1.42. The van der Waals surface area contributed by atoms with Gasteiger partial charge in [0.25, 0.3) is 0 Å². The lowest BCUT2D eigenvalue weighted by molar-refractivity contribution is -0.140. The van der Waals surface area contributed by atoms with Crippen molar-refractivity contribution in [1.29, 1.82) is 0 Å². The highest BCUT2D eigenvalue weighted by Crippen LogP contribution is 2.19. The van der Waals surface area contributed by atoms with Crippen molar-refractivity contribution in [3.63, 3.8) is 0 Å². The molecule has 2 unspecified atom stereocenters. The lowest BCUT2D eigenvalue weighted by Gasteiger charge is -2.24. The average Bonchev–Trinajstić information content (AvgIpc) is 2.36. The Hall–Kier alpha value is -0.710. The highest BCUT2D eigenvalue weighted by molar-refractivity contribution is 8.00. The minimum atomic E-state index is -0.803. The fourth-order valence-electron chi connectivity index (χ4n) is 2.00. The fraction of sp³-hybridized carbons (Fsp3) is 0.846.